The molecule has 0 bridgehead atoms. The van der Waals surface area contributed by atoms with Crippen molar-refractivity contribution in [1.82, 2.24) is 9.47 Å². The van der Waals surface area contributed by atoms with Gasteiger partial charge in [-0.25, -0.2) is 0 Å². The van der Waals surface area contributed by atoms with Gasteiger partial charge in [0.2, 0.25) is 0 Å². The molecule has 1 atom stereocenters. The van der Waals surface area contributed by atoms with Gasteiger partial charge in [0, 0.05) is 42.7 Å². The van der Waals surface area contributed by atoms with E-state index in [-0.39, 0.29) is 5.41 Å². The largest absolute Gasteiger partial charge is 0.364 e. The smallest absolute Gasteiger partial charge is 0.161 e. The number of fused-ring (bicyclic) bond motifs is 4. The van der Waals surface area contributed by atoms with Gasteiger partial charge in [-0.2, -0.15) is 0 Å². The van der Waals surface area contributed by atoms with Gasteiger partial charge in [-0.3, -0.25) is 4.79 Å². The zero-order valence-corrected chi connectivity index (χ0v) is 12.4. The molecule has 2 aliphatic heterocycles. The molecule has 0 fully saturated rings. The summed E-state index contributed by atoms with van der Waals surface area (Å²) in [6.07, 6.45) is 6.03. The molecule has 0 saturated heterocycles. The average Bonchev–Trinajstić information content (AvgIpc) is 2.85. The molecule has 20 heavy (non-hydrogen) atoms. The molecule has 0 spiro atoms. The Morgan fingerprint density at radius 3 is 2.95 bits per heavy atom. The van der Waals surface area contributed by atoms with E-state index in [0.717, 1.165) is 44.3 Å². The SMILES string of the molecule is CC1(C)CC(=O)C2=C(C1)N1CCn3cccc3C1CC2. The highest BCUT2D eigenvalue weighted by molar-refractivity contribution is 5.97. The van der Waals surface area contributed by atoms with E-state index < -0.39 is 0 Å². The molecule has 1 aromatic rings. The summed E-state index contributed by atoms with van der Waals surface area (Å²) >= 11 is 0. The molecule has 1 aliphatic carbocycles. The number of hydrogen-bond donors (Lipinski definition) is 0. The van der Waals surface area contributed by atoms with Crippen molar-refractivity contribution in [1.29, 1.82) is 0 Å². The zero-order valence-electron chi connectivity index (χ0n) is 12.4. The molecule has 106 valence electrons. The number of nitrogens with zero attached hydrogens (tertiary/aromatic N) is 2. The van der Waals surface area contributed by atoms with Crippen molar-refractivity contribution in [3.8, 4) is 0 Å². The highest BCUT2D eigenvalue weighted by Crippen LogP contribution is 2.47. The Bertz CT molecular complexity index is 608. The van der Waals surface area contributed by atoms with Crippen molar-refractivity contribution < 1.29 is 4.79 Å². The van der Waals surface area contributed by atoms with Crippen LogP contribution in [0.15, 0.2) is 29.6 Å². The fourth-order valence-electron chi connectivity index (χ4n) is 4.26. The van der Waals surface area contributed by atoms with E-state index >= 15 is 0 Å². The summed E-state index contributed by atoms with van der Waals surface area (Å²) < 4.78 is 2.38. The summed E-state index contributed by atoms with van der Waals surface area (Å²) in [5.74, 6) is 0.399. The Morgan fingerprint density at radius 1 is 1.25 bits per heavy atom. The maximum absolute atomic E-state index is 12.4. The fraction of sp³-hybridized carbons (Fsp3) is 0.588. The molecule has 0 N–H and O–H groups in total. The molecule has 3 nitrogen and oxygen atoms in total. The van der Waals surface area contributed by atoms with Crippen molar-refractivity contribution >= 4 is 5.78 Å². The number of aromatic nitrogens is 1. The van der Waals surface area contributed by atoms with Gasteiger partial charge in [0.05, 0.1) is 6.04 Å². The van der Waals surface area contributed by atoms with Crippen LogP contribution >= 0.6 is 0 Å². The quantitative estimate of drug-likeness (QED) is 0.723. The number of rotatable bonds is 0. The number of carbonyl (C=O) groups excluding carboxylic acids is 1. The van der Waals surface area contributed by atoms with E-state index in [2.05, 4.69) is 41.6 Å². The summed E-state index contributed by atoms with van der Waals surface area (Å²) in [5, 5.41) is 0. The number of ketones is 1. The normalized spacial score (nSPS) is 28.0. The highest BCUT2D eigenvalue weighted by atomic mass is 16.1. The standard InChI is InChI=1S/C17H22N2O/c1-17(2)10-15-12(16(20)11-17)5-6-14-13-4-3-7-18(13)8-9-19(14)15/h3-4,7,14H,5-6,8-11H2,1-2H3. The van der Waals surface area contributed by atoms with Crippen molar-refractivity contribution in [2.24, 2.45) is 5.41 Å². The van der Waals surface area contributed by atoms with Gasteiger partial charge in [-0.1, -0.05) is 13.8 Å². The van der Waals surface area contributed by atoms with Crippen LogP contribution < -0.4 is 0 Å². The fourth-order valence-corrected chi connectivity index (χ4v) is 4.26. The Labute approximate surface area is 120 Å². The van der Waals surface area contributed by atoms with E-state index in [4.69, 9.17) is 0 Å². The Hall–Kier alpha value is -1.51. The third kappa shape index (κ3) is 1.68. The molecule has 1 unspecified atom stereocenters. The van der Waals surface area contributed by atoms with Gasteiger partial charge >= 0.3 is 0 Å². The van der Waals surface area contributed by atoms with E-state index in [0.29, 0.717) is 11.8 Å². The van der Waals surface area contributed by atoms with Crippen LogP contribution in [-0.2, 0) is 11.3 Å². The van der Waals surface area contributed by atoms with Crippen molar-refractivity contribution in [3.63, 3.8) is 0 Å². The molecule has 3 heterocycles. The second kappa shape index (κ2) is 4.00. The number of carbonyl (C=O) groups is 1. The van der Waals surface area contributed by atoms with E-state index in [1.165, 1.54) is 11.4 Å². The van der Waals surface area contributed by atoms with Gasteiger partial charge in [-0.05, 0) is 36.8 Å². The number of allylic oxidation sites excluding steroid dienone is 2. The average molecular weight is 270 g/mol. The predicted molar refractivity (Wildman–Crippen MR) is 78.2 cm³/mol. The van der Waals surface area contributed by atoms with Crippen molar-refractivity contribution in [3.05, 3.63) is 35.3 Å². The Balaban J connectivity index is 1.77. The number of hydrogen-bond acceptors (Lipinski definition) is 2. The monoisotopic (exact) mass is 270 g/mol. The molecule has 0 saturated carbocycles. The predicted octanol–water partition coefficient (Wildman–Crippen LogP) is 3.28. The van der Waals surface area contributed by atoms with E-state index in [1.54, 1.807) is 0 Å². The zero-order chi connectivity index (χ0) is 13.9. The summed E-state index contributed by atoms with van der Waals surface area (Å²) in [7, 11) is 0. The van der Waals surface area contributed by atoms with Gasteiger partial charge in [0.15, 0.2) is 5.78 Å². The molecular formula is C17H22N2O. The summed E-state index contributed by atoms with van der Waals surface area (Å²) in [4.78, 5) is 15.0. The molecule has 1 aromatic heterocycles. The molecule has 0 amide bonds. The minimum Gasteiger partial charge on any atom is -0.364 e. The number of Topliss-reactive ketones (excluding diaryl/α,β-unsaturated/α-hetero) is 1. The van der Waals surface area contributed by atoms with Gasteiger partial charge in [0.1, 0.15) is 0 Å². The highest BCUT2D eigenvalue weighted by Gasteiger charge is 2.41. The minimum absolute atomic E-state index is 0.122. The third-order valence-electron chi connectivity index (χ3n) is 5.15. The maximum Gasteiger partial charge on any atom is 0.161 e. The lowest BCUT2D eigenvalue weighted by atomic mass is 9.72. The first-order valence-electron chi connectivity index (χ1n) is 7.72. The van der Waals surface area contributed by atoms with E-state index in [9.17, 15) is 4.79 Å². The van der Waals surface area contributed by atoms with Crippen LogP contribution in [0.4, 0.5) is 0 Å². The van der Waals surface area contributed by atoms with Crippen LogP contribution in [-0.4, -0.2) is 21.8 Å². The second-order valence-corrected chi connectivity index (χ2v) is 7.24. The van der Waals surface area contributed by atoms with Gasteiger partial charge in [-0.15, -0.1) is 0 Å². The molecule has 3 aliphatic rings. The van der Waals surface area contributed by atoms with Crippen LogP contribution in [0, 0.1) is 5.41 Å². The van der Waals surface area contributed by atoms with Gasteiger partial charge in [0.25, 0.3) is 0 Å². The minimum atomic E-state index is 0.122. The van der Waals surface area contributed by atoms with Crippen LogP contribution in [0.1, 0.15) is 51.3 Å². The van der Waals surface area contributed by atoms with Crippen LogP contribution in [0.2, 0.25) is 0 Å². The lowest BCUT2D eigenvalue weighted by Gasteiger charge is -2.47. The molecule has 0 aromatic carbocycles. The van der Waals surface area contributed by atoms with Crippen LogP contribution in [0.25, 0.3) is 0 Å². The van der Waals surface area contributed by atoms with Crippen molar-refractivity contribution in [2.45, 2.75) is 52.1 Å². The van der Waals surface area contributed by atoms with Crippen LogP contribution in [0.3, 0.4) is 0 Å². The lowest BCUT2D eigenvalue weighted by Crippen LogP contribution is -2.44. The first-order valence-corrected chi connectivity index (χ1v) is 7.72. The maximum atomic E-state index is 12.4. The lowest BCUT2D eigenvalue weighted by molar-refractivity contribution is -0.119. The Kier molecular flexibility index (Phi) is 2.45. The van der Waals surface area contributed by atoms with Crippen molar-refractivity contribution in [2.75, 3.05) is 6.54 Å². The van der Waals surface area contributed by atoms with E-state index in [1.807, 2.05) is 0 Å². The molecule has 4 rings (SSSR count). The Morgan fingerprint density at radius 2 is 2.10 bits per heavy atom. The first-order chi connectivity index (χ1) is 9.55. The third-order valence-corrected chi connectivity index (χ3v) is 5.15. The molecule has 3 heteroatoms. The van der Waals surface area contributed by atoms with Crippen LogP contribution in [0.5, 0.6) is 0 Å². The molecule has 0 radical (unpaired) electrons. The topological polar surface area (TPSA) is 25.2 Å². The molecular weight excluding hydrogens is 248 g/mol. The summed E-state index contributed by atoms with van der Waals surface area (Å²) in [5.41, 5.74) is 4.05. The first kappa shape index (κ1) is 12.2. The summed E-state index contributed by atoms with van der Waals surface area (Å²) in [6.45, 7) is 6.55. The second-order valence-electron chi connectivity index (χ2n) is 7.24. The summed E-state index contributed by atoms with van der Waals surface area (Å²) in [6, 6.07) is 4.89. The van der Waals surface area contributed by atoms with Gasteiger partial charge < -0.3 is 9.47 Å².